The fourth-order valence-corrected chi connectivity index (χ4v) is 2.54. The summed E-state index contributed by atoms with van der Waals surface area (Å²) in [6, 6.07) is 2.62. The first-order valence-corrected chi connectivity index (χ1v) is 7.07. The van der Waals surface area contributed by atoms with Gasteiger partial charge in [0.1, 0.15) is 5.15 Å². The summed E-state index contributed by atoms with van der Waals surface area (Å²) in [4.78, 5) is 17.2. The molecule has 0 spiro atoms. The van der Waals surface area contributed by atoms with Gasteiger partial charge in [0.15, 0.2) is 6.10 Å². The Bertz CT molecular complexity index is 534. The predicted octanol–water partition coefficient (Wildman–Crippen LogP) is 2.90. The van der Waals surface area contributed by atoms with E-state index in [1.807, 2.05) is 0 Å². The van der Waals surface area contributed by atoms with E-state index in [1.165, 1.54) is 17.2 Å². The average Bonchev–Trinajstić information content (AvgIpc) is 2.45. The standard InChI is InChI=1S/C13H15ClF3N3O2/c14-10-7-9(1-4-18-10)19-12(22)20-5-2-8(3-6-20)11(21)13(15,16)17/h1,4,7-8,11,21H,2-3,5-6H2,(H,18,19,22). The second-order valence-electron chi connectivity index (χ2n) is 5.11. The normalized spacial score (nSPS) is 18.1. The molecule has 0 aromatic carbocycles. The van der Waals surface area contributed by atoms with Crippen molar-refractivity contribution in [2.75, 3.05) is 18.4 Å². The summed E-state index contributed by atoms with van der Waals surface area (Å²) in [5, 5.41) is 12.1. The lowest BCUT2D eigenvalue weighted by atomic mass is 9.91. The monoisotopic (exact) mass is 337 g/mol. The van der Waals surface area contributed by atoms with Crippen LogP contribution in [-0.4, -0.2) is 46.4 Å². The number of pyridine rings is 1. The first-order valence-electron chi connectivity index (χ1n) is 6.69. The van der Waals surface area contributed by atoms with Gasteiger partial charge < -0.3 is 15.3 Å². The van der Waals surface area contributed by atoms with Crippen LogP contribution in [0.3, 0.4) is 0 Å². The van der Waals surface area contributed by atoms with Crippen LogP contribution < -0.4 is 5.32 Å². The fraction of sp³-hybridized carbons (Fsp3) is 0.538. The third-order valence-electron chi connectivity index (χ3n) is 3.59. The maximum absolute atomic E-state index is 12.5. The number of halogens is 4. The molecule has 2 rings (SSSR count). The molecule has 0 bridgehead atoms. The van der Waals surface area contributed by atoms with Gasteiger partial charge in [0.25, 0.3) is 0 Å². The molecule has 1 aliphatic rings. The van der Waals surface area contributed by atoms with Crippen LogP contribution in [-0.2, 0) is 0 Å². The minimum atomic E-state index is -4.62. The fourth-order valence-electron chi connectivity index (χ4n) is 2.37. The van der Waals surface area contributed by atoms with Crippen LogP contribution in [0.5, 0.6) is 0 Å². The summed E-state index contributed by atoms with van der Waals surface area (Å²) >= 11 is 5.70. The number of rotatable bonds is 2. The Hall–Kier alpha value is -1.54. The molecule has 122 valence electrons. The van der Waals surface area contributed by atoms with Crippen LogP contribution in [0, 0.1) is 5.92 Å². The van der Waals surface area contributed by atoms with Crippen molar-refractivity contribution in [3.63, 3.8) is 0 Å². The van der Waals surface area contributed by atoms with Crippen molar-refractivity contribution in [2.24, 2.45) is 5.92 Å². The smallest absolute Gasteiger partial charge is 0.383 e. The zero-order valence-electron chi connectivity index (χ0n) is 11.5. The molecule has 0 saturated carbocycles. The number of piperidine rings is 1. The summed E-state index contributed by atoms with van der Waals surface area (Å²) in [5.41, 5.74) is 0.461. The lowest BCUT2D eigenvalue weighted by Crippen LogP contribution is -2.46. The van der Waals surface area contributed by atoms with Gasteiger partial charge in [0.2, 0.25) is 0 Å². The molecule has 1 saturated heterocycles. The van der Waals surface area contributed by atoms with Crippen LogP contribution >= 0.6 is 11.6 Å². The number of carbonyl (C=O) groups is 1. The van der Waals surface area contributed by atoms with E-state index in [-0.39, 0.29) is 31.1 Å². The summed E-state index contributed by atoms with van der Waals surface area (Å²) in [7, 11) is 0. The number of carbonyl (C=O) groups excluding carboxylic acids is 1. The van der Waals surface area contributed by atoms with Crippen molar-refractivity contribution >= 4 is 23.3 Å². The Kier molecular flexibility index (Phi) is 5.12. The Balaban J connectivity index is 1.87. The van der Waals surface area contributed by atoms with Crippen molar-refractivity contribution in [1.82, 2.24) is 9.88 Å². The molecule has 1 aromatic rings. The van der Waals surface area contributed by atoms with Crippen molar-refractivity contribution in [1.29, 1.82) is 0 Å². The van der Waals surface area contributed by atoms with Crippen LogP contribution in [0.25, 0.3) is 0 Å². The maximum Gasteiger partial charge on any atom is 0.414 e. The van der Waals surface area contributed by atoms with E-state index in [9.17, 15) is 23.1 Å². The lowest BCUT2D eigenvalue weighted by molar-refractivity contribution is -0.222. The molecule has 9 heteroatoms. The second-order valence-corrected chi connectivity index (χ2v) is 5.50. The highest BCUT2D eigenvalue weighted by atomic mass is 35.5. The van der Waals surface area contributed by atoms with Gasteiger partial charge in [-0.2, -0.15) is 13.2 Å². The quantitative estimate of drug-likeness (QED) is 0.816. The highest BCUT2D eigenvalue weighted by molar-refractivity contribution is 6.29. The second kappa shape index (κ2) is 6.70. The number of alkyl halides is 3. The van der Waals surface area contributed by atoms with Gasteiger partial charge >= 0.3 is 12.2 Å². The van der Waals surface area contributed by atoms with Gasteiger partial charge in [-0.3, -0.25) is 0 Å². The van der Waals surface area contributed by atoms with Crippen molar-refractivity contribution < 1.29 is 23.1 Å². The number of urea groups is 1. The zero-order chi connectivity index (χ0) is 16.3. The maximum atomic E-state index is 12.5. The predicted molar refractivity (Wildman–Crippen MR) is 74.6 cm³/mol. The largest absolute Gasteiger partial charge is 0.414 e. The third-order valence-corrected chi connectivity index (χ3v) is 3.79. The molecule has 1 aliphatic heterocycles. The molecule has 5 nitrogen and oxygen atoms in total. The van der Waals surface area contributed by atoms with Gasteiger partial charge in [-0.05, 0) is 30.9 Å². The molecule has 1 atom stereocenters. The summed E-state index contributed by atoms with van der Waals surface area (Å²) in [6.07, 6.45) is -5.32. The number of nitrogens with one attached hydrogen (secondary N) is 1. The number of anilines is 1. The Morgan fingerprint density at radius 2 is 2.09 bits per heavy atom. The first kappa shape index (κ1) is 16.8. The molecule has 0 aliphatic carbocycles. The van der Waals surface area contributed by atoms with Crippen LogP contribution in [0.4, 0.5) is 23.7 Å². The number of hydrogen-bond donors (Lipinski definition) is 2. The lowest BCUT2D eigenvalue weighted by Gasteiger charge is -2.34. The van der Waals surface area contributed by atoms with Gasteiger partial charge in [0.05, 0.1) is 0 Å². The number of aromatic nitrogens is 1. The minimum absolute atomic E-state index is 0.102. The number of likely N-dealkylation sites (tertiary alicyclic amines) is 1. The van der Waals surface area contributed by atoms with E-state index >= 15 is 0 Å². The third kappa shape index (κ3) is 4.23. The van der Waals surface area contributed by atoms with Crippen molar-refractivity contribution in [3.05, 3.63) is 23.5 Å². The van der Waals surface area contributed by atoms with Crippen molar-refractivity contribution in [2.45, 2.75) is 25.1 Å². The molecular weight excluding hydrogens is 323 g/mol. The highest BCUT2D eigenvalue weighted by Gasteiger charge is 2.44. The Morgan fingerprint density at radius 3 is 2.64 bits per heavy atom. The van der Waals surface area contributed by atoms with E-state index in [1.54, 1.807) is 6.07 Å². The molecule has 1 fully saturated rings. The summed E-state index contributed by atoms with van der Waals surface area (Å²) < 4.78 is 37.4. The number of amides is 2. The summed E-state index contributed by atoms with van der Waals surface area (Å²) in [6.45, 7) is 0.310. The van der Waals surface area contributed by atoms with Crippen molar-refractivity contribution in [3.8, 4) is 0 Å². The van der Waals surface area contributed by atoms with Crippen LogP contribution in [0.15, 0.2) is 18.3 Å². The van der Waals surface area contributed by atoms with E-state index in [0.29, 0.717) is 5.69 Å². The molecular formula is C13H15ClF3N3O2. The van der Waals surface area contributed by atoms with Crippen LogP contribution in [0.1, 0.15) is 12.8 Å². The highest BCUT2D eigenvalue weighted by Crippen LogP contribution is 2.31. The van der Waals surface area contributed by atoms with E-state index < -0.39 is 24.2 Å². The van der Waals surface area contributed by atoms with Crippen LogP contribution in [0.2, 0.25) is 5.15 Å². The molecule has 1 aromatic heterocycles. The number of nitrogens with zero attached hydrogens (tertiary/aromatic N) is 2. The zero-order valence-corrected chi connectivity index (χ0v) is 12.2. The average molecular weight is 338 g/mol. The summed E-state index contributed by atoms with van der Waals surface area (Å²) in [5.74, 6) is -0.876. The Morgan fingerprint density at radius 1 is 1.45 bits per heavy atom. The molecule has 1 unspecified atom stereocenters. The molecule has 2 amide bonds. The topological polar surface area (TPSA) is 65.5 Å². The number of aliphatic hydroxyl groups excluding tert-OH is 1. The van der Waals surface area contributed by atoms with E-state index in [4.69, 9.17) is 11.6 Å². The number of hydrogen-bond acceptors (Lipinski definition) is 3. The van der Waals surface area contributed by atoms with E-state index in [0.717, 1.165) is 0 Å². The molecule has 2 heterocycles. The van der Waals surface area contributed by atoms with E-state index in [2.05, 4.69) is 10.3 Å². The van der Waals surface area contributed by atoms with Gasteiger partial charge in [0, 0.05) is 25.0 Å². The molecule has 2 N–H and O–H groups in total. The first-order chi connectivity index (χ1) is 10.3. The van der Waals surface area contributed by atoms with Gasteiger partial charge in [-0.15, -0.1) is 0 Å². The Labute approximate surface area is 130 Å². The van der Waals surface area contributed by atoms with Gasteiger partial charge in [-0.1, -0.05) is 11.6 Å². The minimum Gasteiger partial charge on any atom is -0.383 e. The molecule has 0 radical (unpaired) electrons. The SMILES string of the molecule is O=C(Nc1ccnc(Cl)c1)N1CCC(C(O)C(F)(F)F)CC1. The van der Waals surface area contributed by atoms with Gasteiger partial charge in [-0.25, -0.2) is 9.78 Å². The molecule has 22 heavy (non-hydrogen) atoms. The number of aliphatic hydroxyl groups is 1.